The zero-order valence-electron chi connectivity index (χ0n) is 22.9. The molecule has 1 aromatic heterocycles. The number of halogens is 6. The molecule has 2 N–H and O–H groups in total. The van der Waals surface area contributed by atoms with Crippen molar-refractivity contribution >= 4 is 5.91 Å². The Hall–Kier alpha value is -1.94. The van der Waals surface area contributed by atoms with Gasteiger partial charge < -0.3 is 14.5 Å². The molecule has 0 radical (unpaired) electrons. The van der Waals surface area contributed by atoms with Crippen LogP contribution in [0, 0.1) is 46.8 Å². The average Bonchev–Trinajstić information content (AvgIpc) is 3.18. The fraction of sp³-hybridized carbons (Fsp3) is 0.857. The number of rotatable bonds is 6. The van der Waals surface area contributed by atoms with E-state index in [4.69, 9.17) is 5.41 Å². The van der Waals surface area contributed by atoms with Crippen LogP contribution in [0.4, 0.5) is 26.3 Å². The minimum Gasteiger partial charge on any atom is -0.353 e. The van der Waals surface area contributed by atoms with Gasteiger partial charge in [-0.2, -0.15) is 13.2 Å². The zero-order valence-corrected chi connectivity index (χ0v) is 22.9. The SMILES string of the molecule is CC1CC([C@H](C)NC(=O)C2CC(Cn3ccn(C)c3=N)CC(C3CCC(F)CC3C(F)(F)F)C2F)CCC1F. The highest BCUT2D eigenvalue weighted by atomic mass is 19.4. The number of hydrogen-bond acceptors (Lipinski definition) is 2. The van der Waals surface area contributed by atoms with Crippen molar-refractivity contribution < 1.29 is 31.1 Å². The van der Waals surface area contributed by atoms with E-state index in [-0.39, 0.29) is 61.6 Å². The van der Waals surface area contributed by atoms with E-state index in [1.807, 2.05) is 13.8 Å². The largest absolute Gasteiger partial charge is 0.392 e. The number of aryl methyl sites for hydroxylation is 1. The standard InChI is InChI=1S/C28H42F6N4O/c1-15-10-18(4-7-24(15)30)16(2)36-26(39)22-12-17(14-38-9-8-37(3)27(38)35)11-21(25(22)31)20-6-5-19(29)13-23(20)28(32,33)34/h8-9,15-25,35H,4-7,10-14H2,1-3H3,(H,36,39)/t15?,16-,17?,18?,19?,20?,21?,22?,23?,24?,25?/m0/s1. The number of alkyl halides is 6. The molecule has 222 valence electrons. The van der Waals surface area contributed by atoms with Crippen molar-refractivity contribution in [2.24, 2.45) is 48.5 Å². The maximum atomic E-state index is 16.2. The van der Waals surface area contributed by atoms with Gasteiger partial charge in [0, 0.05) is 32.0 Å². The summed E-state index contributed by atoms with van der Waals surface area (Å²) in [7, 11) is 1.71. The van der Waals surface area contributed by atoms with Crippen LogP contribution in [-0.4, -0.2) is 45.8 Å². The van der Waals surface area contributed by atoms with Gasteiger partial charge in [0.2, 0.25) is 11.5 Å². The van der Waals surface area contributed by atoms with Crippen molar-refractivity contribution in [1.82, 2.24) is 14.5 Å². The Balaban J connectivity index is 1.56. The predicted octanol–water partition coefficient (Wildman–Crippen LogP) is 5.88. The number of amides is 1. The number of carbonyl (C=O) groups excluding carboxylic acids is 1. The van der Waals surface area contributed by atoms with Crippen molar-refractivity contribution in [1.29, 1.82) is 5.41 Å². The first-order valence-corrected chi connectivity index (χ1v) is 14.3. The molecule has 0 aromatic carbocycles. The zero-order chi connectivity index (χ0) is 28.6. The molecule has 0 saturated heterocycles. The Bertz CT molecular complexity index is 1040. The third-order valence-corrected chi connectivity index (χ3v) is 9.85. The van der Waals surface area contributed by atoms with E-state index in [0.29, 0.717) is 19.3 Å². The van der Waals surface area contributed by atoms with Crippen LogP contribution < -0.4 is 10.9 Å². The lowest BCUT2D eigenvalue weighted by molar-refractivity contribution is -0.213. The van der Waals surface area contributed by atoms with Crippen LogP contribution in [0.1, 0.15) is 65.2 Å². The fourth-order valence-electron chi connectivity index (χ4n) is 7.50. The summed E-state index contributed by atoms with van der Waals surface area (Å²) < 4.78 is 89.5. The molecule has 3 aliphatic carbocycles. The third-order valence-electron chi connectivity index (χ3n) is 9.85. The topological polar surface area (TPSA) is 62.8 Å². The lowest BCUT2D eigenvalue weighted by Crippen LogP contribution is -2.52. The van der Waals surface area contributed by atoms with Crippen LogP contribution in [0.5, 0.6) is 0 Å². The summed E-state index contributed by atoms with van der Waals surface area (Å²) in [6, 6.07) is -0.313. The predicted molar refractivity (Wildman–Crippen MR) is 135 cm³/mol. The van der Waals surface area contributed by atoms with E-state index in [2.05, 4.69) is 5.32 Å². The molecule has 0 bridgehead atoms. The highest BCUT2D eigenvalue weighted by molar-refractivity contribution is 5.79. The van der Waals surface area contributed by atoms with Crippen LogP contribution in [0.25, 0.3) is 0 Å². The second-order valence-corrected chi connectivity index (χ2v) is 12.5. The van der Waals surface area contributed by atoms with Gasteiger partial charge in [-0.1, -0.05) is 6.92 Å². The fourth-order valence-corrected chi connectivity index (χ4v) is 7.50. The lowest BCUT2D eigenvalue weighted by atomic mass is 9.62. The molecule has 11 atom stereocenters. The first kappa shape index (κ1) is 30.0. The van der Waals surface area contributed by atoms with Crippen molar-refractivity contribution in [3.8, 4) is 0 Å². The number of hydrogen-bond donors (Lipinski definition) is 2. The number of carbonyl (C=O) groups is 1. The van der Waals surface area contributed by atoms with E-state index in [1.54, 1.807) is 28.6 Å². The van der Waals surface area contributed by atoms with E-state index < -0.39 is 60.7 Å². The Morgan fingerprint density at radius 1 is 1.05 bits per heavy atom. The summed E-state index contributed by atoms with van der Waals surface area (Å²) >= 11 is 0. The molecule has 4 rings (SSSR count). The number of nitrogens with zero attached hydrogens (tertiary/aromatic N) is 2. The molecule has 3 aliphatic rings. The number of nitrogens with one attached hydrogen (secondary N) is 2. The van der Waals surface area contributed by atoms with Gasteiger partial charge in [-0.15, -0.1) is 0 Å². The van der Waals surface area contributed by atoms with E-state index in [9.17, 15) is 26.7 Å². The molecule has 3 saturated carbocycles. The van der Waals surface area contributed by atoms with Gasteiger partial charge in [-0.25, -0.2) is 13.2 Å². The van der Waals surface area contributed by atoms with Gasteiger partial charge in [0.25, 0.3) is 0 Å². The van der Waals surface area contributed by atoms with E-state index >= 15 is 4.39 Å². The molecule has 1 aromatic rings. The van der Waals surface area contributed by atoms with Crippen LogP contribution in [-0.2, 0) is 18.4 Å². The third kappa shape index (κ3) is 6.69. The lowest BCUT2D eigenvalue weighted by Gasteiger charge is -2.46. The Kier molecular flexibility index (Phi) is 9.15. The van der Waals surface area contributed by atoms with Crippen molar-refractivity contribution in [3.05, 3.63) is 18.0 Å². The molecular formula is C28H42F6N4O. The maximum Gasteiger partial charge on any atom is 0.392 e. The first-order valence-electron chi connectivity index (χ1n) is 14.3. The molecular weight excluding hydrogens is 522 g/mol. The van der Waals surface area contributed by atoms with Gasteiger partial charge in [0.1, 0.15) is 18.5 Å². The first-order chi connectivity index (χ1) is 18.3. The van der Waals surface area contributed by atoms with Gasteiger partial charge in [-0.3, -0.25) is 10.2 Å². The summed E-state index contributed by atoms with van der Waals surface area (Å²) in [5.74, 6) is -6.14. The van der Waals surface area contributed by atoms with Gasteiger partial charge >= 0.3 is 6.18 Å². The van der Waals surface area contributed by atoms with Crippen LogP contribution in [0.2, 0.25) is 0 Å². The highest BCUT2D eigenvalue weighted by Gasteiger charge is 2.54. The van der Waals surface area contributed by atoms with E-state index in [1.165, 1.54) is 0 Å². The quantitative estimate of drug-likeness (QED) is 0.417. The van der Waals surface area contributed by atoms with Gasteiger partial charge in [0.15, 0.2) is 0 Å². The molecule has 11 heteroatoms. The molecule has 10 unspecified atom stereocenters. The highest BCUT2D eigenvalue weighted by Crippen LogP contribution is 2.51. The van der Waals surface area contributed by atoms with Gasteiger partial charge in [-0.05, 0) is 87.9 Å². The Labute approximate surface area is 226 Å². The number of imidazole rings is 1. The van der Waals surface area contributed by atoms with Crippen molar-refractivity contribution in [2.75, 3.05) is 0 Å². The Morgan fingerprint density at radius 3 is 2.38 bits per heavy atom. The summed E-state index contributed by atoms with van der Waals surface area (Å²) in [5, 5.41) is 11.2. The second-order valence-electron chi connectivity index (χ2n) is 12.5. The molecule has 1 heterocycles. The minimum absolute atomic E-state index is 0.0429. The normalized spacial score (nSPS) is 38.8. The molecule has 3 fully saturated rings. The van der Waals surface area contributed by atoms with Crippen LogP contribution in [0.15, 0.2) is 12.4 Å². The summed E-state index contributed by atoms with van der Waals surface area (Å²) in [6.45, 7) is 3.95. The molecule has 1 amide bonds. The second kappa shape index (κ2) is 11.9. The smallest absolute Gasteiger partial charge is 0.353 e. The maximum absolute atomic E-state index is 16.2. The summed E-state index contributed by atoms with van der Waals surface area (Å²) in [5.41, 5.74) is 0.201. The average molecular weight is 565 g/mol. The molecule has 0 spiro atoms. The Morgan fingerprint density at radius 2 is 1.77 bits per heavy atom. The summed E-state index contributed by atoms with van der Waals surface area (Å²) in [6.07, 6.45) is -4.34. The summed E-state index contributed by atoms with van der Waals surface area (Å²) in [4.78, 5) is 13.5. The van der Waals surface area contributed by atoms with Crippen LogP contribution in [0.3, 0.4) is 0 Å². The van der Waals surface area contributed by atoms with Crippen molar-refractivity contribution in [3.63, 3.8) is 0 Å². The van der Waals surface area contributed by atoms with E-state index in [0.717, 1.165) is 0 Å². The molecule has 0 aliphatic heterocycles. The van der Waals surface area contributed by atoms with Crippen LogP contribution >= 0.6 is 0 Å². The van der Waals surface area contributed by atoms with Crippen molar-refractivity contribution in [2.45, 2.75) is 102 Å². The van der Waals surface area contributed by atoms with Gasteiger partial charge in [0.05, 0.1) is 11.8 Å². The minimum atomic E-state index is -4.65. The molecule has 5 nitrogen and oxygen atoms in total. The monoisotopic (exact) mass is 564 g/mol. The number of aromatic nitrogens is 2. The molecule has 39 heavy (non-hydrogen) atoms.